The molecule has 6 heteroatoms. The third-order valence-corrected chi connectivity index (χ3v) is 3.79. The average Bonchev–Trinajstić information content (AvgIpc) is 2.42. The summed E-state index contributed by atoms with van der Waals surface area (Å²) in [6.07, 6.45) is 2.17. The second-order valence-corrected chi connectivity index (χ2v) is 5.81. The molecule has 0 aliphatic heterocycles. The topological polar surface area (TPSA) is 37.8 Å². The molecular formula is C13H13BrFN3S. The largest absolute Gasteiger partial charge is 0.354 e. The predicted octanol–water partition coefficient (Wildman–Crippen LogP) is 4.35. The quantitative estimate of drug-likeness (QED) is 0.820. The molecule has 0 bridgehead atoms. The Morgan fingerprint density at radius 1 is 1.32 bits per heavy atom. The number of hydrogen-bond donors (Lipinski definition) is 1. The first-order valence-corrected chi connectivity index (χ1v) is 7.50. The van der Waals surface area contributed by atoms with E-state index < -0.39 is 5.82 Å². The maximum Gasteiger partial charge on any atom is 0.223 e. The minimum absolute atomic E-state index is 0.330. The number of nitrogens with one attached hydrogen (secondary N) is 1. The van der Waals surface area contributed by atoms with Gasteiger partial charge in [-0.25, -0.2) is 14.4 Å². The van der Waals surface area contributed by atoms with Crippen molar-refractivity contribution in [1.29, 1.82) is 0 Å². The van der Waals surface area contributed by atoms with E-state index >= 15 is 0 Å². The van der Waals surface area contributed by atoms with E-state index in [1.165, 1.54) is 18.0 Å². The van der Waals surface area contributed by atoms with Gasteiger partial charge in [-0.2, -0.15) is 0 Å². The van der Waals surface area contributed by atoms with Crippen LogP contribution >= 0.6 is 27.7 Å². The van der Waals surface area contributed by atoms with Crippen LogP contribution in [0.2, 0.25) is 0 Å². The summed E-state index contributed by atoms with van der Waals surface area (Å²) in [5.41, 5.74) is 0. The SMILES string of the molecule is CCCNc1ncc(F)c(Sc2ccc(Br)cc2)n1. The van der Waals surface area contributed by atoms with Crippen LogP contribution in [-0.4, -0.2) is 16.5 Å². The van der Waals surface area contributed by atoms with E-state index in [1.807, 2.05) is 31.2 Å². The van der Waals surface area contributed by atoms with Crippen LogP contribution in [0, 0.1) is 5.82 Å². The minimum Gasteiger partial charge on any atom is -0.354 e. The number of benzene rings is 1. The molecule has 0 spiro atoms. The third kappa shape index (κ3) is 4.18. The van der Waals surface area contributed by atoms with Gasteiger partial charge >= 0.3 is 0 Å². The van der Waals surface area contributed by atoms with Crippen molar-refractivity contribution in [2.75, 3.05) is 11.9 Å². The molecule has 0 radical (unpaired) electrons. The van der Waals surface area contributed by atoms with Gasteiger partial charge in [-0.05, 0) is 30.7 Å². The van der Waals surface area contributed by atoms with Gasteiger partial charge in [-0.15, -0.1) is 0 Å². The van der Waals surface area contributed by atoms with Crippen LogP contribution in [0.15, 0.2) is 44.9 Å². The molecule has 0 aliphatic carbocycles. The average molecular weight is 342 g/mol. The molecular weight excluding hydrogens is 329 g/mol. The van der Waals surface area contributed by atoms with Crippen molar-refractivity contribution in [2.45, 2.75) is 23.3 Å². The molecule has 0 atom stereocenters. The van der Waals surface area contributed by atoms with E-state index in [-0.39, 0.29) is 0 Å². The predicted molar refractivity (Wildman–Crippen MR) is 79.0 cm³/mol. The fourth-order valence-corrected chi connectivity index (χ4v) is 2.40. The monoisotopic (exact) mass is 341 g/mol. The van der Waals surface area contributed by atoms with E-state index in [0.29, 0.717) is 11.0 Å². The summed E-state index contributed by atoms with van der Waals surface area (Å²) in [4.78, 5) is 9.03. The van der Waals surface area contributed by atoms with Crippen LogP contribution in [0.25, 0.3) is 0 Å². The molecule has 2 aromatic rings. The lowest BCUT2D eigenvalue weighted by atomic mass is 10.4. The molecule has 1 aromatic heterocycles. The summed E-state index contributed by atoms with van der Waals surface area (Å²) >= 11 is 4.65. The van der Waals surface area contributed by atoms with E-state index in [2.05, 4.69) is 31.2 Å². The van der Waals surface area contributed by atoms with Crippen LogP contribution in [-0.2, 0) is 0 Å². The summed E-state index contributed by atoms with van der Waals surface area (Å²) in [6, 6.07) is 7.65. The molecule has 0 saturated carbocycles. The lowest BCUT2D eigenvalue weighted by Gasteiger charge is -2.06. The smallest absolute Gasteiger partial charge is 0.223 e. The highest BCUT2D eigenvalue weighted by Gasteiger charge is 2.08. The fraction of sp³-hybridized carbons (Fsp3) is 0.231. The first-order chi connectivity index (χ1) is 9.19. The second kappa shape index (κ2) is 6.86. The molecule has 100 valence electrons. The van der Waals surface area contributed by atoms with Crippen LogP contribution in [0.1, 0.15) is 13.3 Å². The molecule has 19 heavy (non-hydrogen) atoms. The molecule has 0 saturated heterocycles. The molecule has 0 aliphatic rings. The van der Waals surface area contributed by atoms with Crippen LogP contribution in [0.4, 0.5) is 10.3 Å². The van der Waals surface area contributed by atoms with E-state index in [1.54, 1.807) is 0 Å². The maximum atomic E-state index is 13.7. The summed E-state index contributed by atoms with van der Waals surface area (Å²) in [5, 5.41) is 3.38. The van der Waals surface area contributed by atoms with Crippen molar-refractivity contribution < 1.29 is 4.39 Å². The van der Waals surface area contributed by atoms with Gasteiger partial charge < -0.3 is 5.32 Å². The van der Waals surface area contributed by atoms with Crippen LogP contribution < -0.4 is 5.32 Å². The van der Waals surface area contributed by atoms with Gasteiger partial charge in [0.1, 0.15) is 5.03 Å². The Labute approximate surface area is 124 Å². The van der Waals surface area contributed by atoms with E-state index in [4.69, 9.17) is 0 Å². The Balaban J connectivity index is 2.16. The van der Waals surface area contributed by atoms with Crippen molar-refractivity contribution in [1.82, 2.24) is 9.97 Å². The molecule has 0 amide bonds. The Hall–Kier alpha value is -1.14. The van der Waals surface area contributed by atoms with Gasteiger partial charge in [0, 0.05) is 15.9 Å². The Bertz CT molecular complexity index is 548. The van der Waals surface area contributed by atoms with Gasteiger partial charge in [0.05, 0.1) is 6.20 Å². The third-order valence-electron chi connectivity index (χ3n) is 2.27. The highest BCUT2D eigenvalue weighted by molar-refractivity contribution is 9.10. The van der Waals surface area contributed by atoms with Crippen molar-refractivity contribution in [3.05, 3.63) is 40.8 Å². The van der Waals surface area contributed by atoms with Crippen molar-refractivity contribution >= 4 is 33.6 Å². The molecule has 1 aromatic carbocycles. The van der Waals surface area contributed by atoms with Crippen molar-refractivity contribution in [2.24, 2.45) is 0 Å². The van der Waals surface area contributed by atoms with Gasteiger partial charge in [-0.1, -0.05) is 34.6 Å². The Morgan fingerprint density at radius 3 is 2.74 bits per heavy atom. The first-order valence-electron chi connectivity index (χ1n) is 5.89. The van der Waals surface area contributed by atoms with Gasteiger partial charge in [0.2, 0.25) is 5.95 Å². The molecule has 2 rings (SSSR count). The van der Waals surface area contributed by atoms with Crippen molar-refractivity contribution in [3.8, 4) is 0 Å². The van der Waals surface area contributed by atoms with Gasteiger partial charge in [0.25, 0.3) is 0 Å². The molecule has 3 nitrogen and oxygen atoms in total. The van der Waals surface area contributed by atoms with Crippen LogP contribution in [0.3, 0.4) is 0 Å². The Kier molecular flexibility index (Phi) is 5.15. The Morgan fingerprint density at radius 2 is 2.05 bits per heavy atom. The summed E-state index contributed by atoms with van der Waals surface area (Å²) in [5.74, 6) is 0.0535. The van der Waals surface area contributed by atoms with Gasteiger partial charge in [0.15, 0.2) is 5.82 Å². The highest BCUT2D eigenvalue weighted by Crippen LogP contribution is 2.29. The maximum absolute atomic E-state index is 13.7. The van der Waals surface area contributed by atoms with Crippen LogP contribution in [0.5, 0.6) is 0 Å². The summed E-state index contributed by atoms with van der Waals surface area (Å²) in [7, 11) is 0. The zero-order valence-electron chi connectivity index (χ0n) is 10.4. The van der Waals surface area contributed by atoms with Gasteiger partial charge in [-0.3, -0.25) is 0 Å². The summed E-state index contributed by atoms with van der Waals surface area (Å²) < 4.78 is 14.7. The molecule has 0 fully saturated rings. The second-order valence-electron chi connectivity index (χ2n) is 3.83. The molecule has 0 unspecified atom stereocenters. The zero-order chi connectivity index (χ0) is 13.7. The fourth-order valence-electron chi connectivity index (χ4n) is 1.36. The lowest BCUT2D eigenvalue weighted by Crippen LogP contribution is -2.05. The normalized spacial score (nSPS) is 10.5. The zero-order valence-corrected chi connectivity index (χ0v) is 12.8. The standard InChI is InChI=1S/C13H13BrFN3S/c1-2-7-16-13-17-8-11(15)12(18-13)19-10-5-3-9(14)4-6-10/h3-6,8H,2,7H2,1H3,(H,16,17,18). The number of rotatable bonds is 5. The van der Waals surface area contributed by atoms with Crippen molar-refractivity contribution in [3.63, 3.8) is 0 Å². The number of aromatic nitrogens is 2. The van der Waals surface area contributed by atoms with E-state index in [9.17, 15) is 4.39 Å². The minimum atomic E-state index is -0.407. The number of anilines is 1. The van der Waals surface area contributed by atoms with E-state index in [0.717, 1.165) is 22.3 Å². The molecule has 1 heterocycles. The molecule has 1 N–H and O–H groups in total. The summed E-state index contributed by atoms with van der Waals surface area (Å²) in [6.45, 7) is 2.82. The highest BCUT2D eigenvalue weighted by atomic mass is 79.9. The first kappa shape index (κ1) is 14.3. The number of nitrogens with zero attached hydrogens (tertiary/aromatic N) is 2. The lowest BCUT2D eigenvalue weighted by molar-refractivity contribution is 0.580. The number of hydrogen-bond acceptors (Lipinski definition) is 4. The number of halogens is 2.